The largest absolute Gasteiger partial charge is 0.304 e. The second-order valence-corrected chi connectivity index (χ2v) is 3.72. The summed E-state index contributed by atoms with van der Waals surface area (Å²) in [6.45, 7) is 6.03. The highest BCUT2D eigenvalue weighted by molar-refractivity contribution is 4.71. The maximum Gasteiger partial charge on any atom is 0.0822 e. The molecule has 2 heteroatoms. The second-order valence-electron chi connectivity index (χ2n) is 3.72. The van der Waals surface area contributed by atoms with Crippen LogP contribution in [0.2, 0.25) is 0 Å². The van der Waals surface area contributed by atoms with Crippen molar-refractivity contribution >= 4 is 0 Å². The number of rotatable bonds is 4. The first kappa shape index (κ1) is 10.0. The van der Waals surface area contributed by atoms with E-state index in [1.807, 2.05) is 0 Å². The molecule has 0 aromatic heterocycles. The van der Waals surface area contributed by atoms with Gasteiger partial charge in [0.05, 0.1) is 6.61 Å². The molecular weight excluding hydrogens is 150 g/mol. The maximum absolute atomic E-state index is 10.3. The van der Waals surface area contributed by atoms with Crippen LogP contribution in [-0.2, 0) is 5.11 Å². The zero-order chi connectivity index (χ0) is 8.81. The molecule has 1 aliphatic rings. The Labute approximate surface area is 75.6 Å². The molecule has 1 aliphatic heterocycles. The van der Waals surface area contributed by atoms with Crippen LogP contribution in [-0.4, -0.2) is 31.1 Å². The molecular formula is C10H20NO. The zero-order valence-corrected chi connectivity index (χ0v) is 8.09. The molecule has 0 spiro atoms. The van der Waals surface area contributed by atoms with Crippen molar-refractivity contribution in [3.8, 4) is 0 Å². The predicted molar refractivity (Wildman–Crippen MR) is 49.6 cm³/mol. The third-order valence-electron chi connectivity index (χ3n) is 2.91. The lowest BCUT2D eigenvalue weighted by atomic mass is 9.92. The van der Waals surface area contributed by atoms with E-state index < -0.39 is 0 Å². The van der Waals surface area contributed by atoms with Crippen molar-refractivity contribution in [1.29, 1.82) is 0 Å². The van der Waals surface area contributed by atoms with E-state index in [-0.39, 0.29) is 6.61 Å². The molecule has 0 atom stereocenters. The van der Waals surface area contributed by atoms with E-state index in [9.17, 15) is 5.11 Å². The molecule has 0 unspecified atom stereocenters. The Hall–Kier alpha value is -0.0800. The first-order valence-electron chi connectivity index (χ1n) is 5.17. The fourth-order valence-electron chi connectivity index (χ4n) is 1.96. The van der Waals surface area contributed by atoms with Crippen molar-refractivity contribution in [3.05, 3.63) is 0 Å². The number of hydrogen-bond acceptors (Lipinski definition) is 1. The number of nitrogens with zero attached hydrogens (tertiary/aromatic N) is 1. The summed E-state index contributed by atoms with van der Waals surface area (Å²) >= 11 is 0. The van der Waals surface area contributed by atoms with Crippen molar-refractivity contribution in [3.63, 3.8) is 0 Å². The number of likely N-dealkylation sites (tertiary alicyclic amines) is 1. The summed E-state index contributed by atoms with van der Waals surface area (Å²) in [4.78, 5) is 2.49. The standard InChI is InChI=1S/C10H20NO/c1-2-11-7-5-10(6-8-11)4-3-9-12/h10H,2-9H2,1H3. The van der Waals surface area contributed by atoms with Crippen LogP contribution in [0.25, 0.3) is 0 Å². The van der Waals surface area contributed by atoms with Gasteiger partial charge >= 0.3 is 0 Å². The first-order valence-corrected chi connectivity index (χ1v) is 5.17. The lowest BCUT2D eigenvalue weighted by molar-refractivity contribution is 0.154. The van der Waals surface area contributed by atoms with Crippen LogP contribution >= 0.6 is 0 Å². The van der Waals surface area contributed by atoms with E-state index in [2.05, 4.69) is 11.8 Å². The molecule has 2 nitrogen and oxygen atoms in total. The van der Waals surface area contributed by atoms with Gasteiger partial charge in [-0.1, -0.05) is 6.92 Å². The Balaban J connectivity index is 2.09. The third-order valence-corrected chi connectivity index (χ3v) is 2.91. The molecule has 0 N–H and O–H groups in total. The Kier molecular flexibility index (Phi) is 4.62. The van der Waals surface area contributed by atoms with Gasteiger partial charge in [-0.15, -0.1) is 0 Å². The molecule has 0 bridgehead atoms. The van der Waals surface area contributed by atoms with Gasteiger partial charge in [-0.3, -0.25) is 0 Å². The molecule has 1 heterocycles. The van der Waals surface area contributed by atoms with E-state index in [4.69, 9.17) is 0 Å². The quantitative estimate of drug-likeness (QED) is 0.632. The zero-order valence-electron chi connectivity index (χ0n) is 8.09. The molecule has 1 saturated heterocycles. The lowest BCUT2D eigenvalue weighted by Gasteiger charge is -2.30. The molecule has 12 heavy (non-hydrogen) atoms. The fraction of sp³-hybridized carbons (Fsp3) is 1.00. The monoisotopic (exact) mass is 170 g/mol. The number of piperidine rings is 1. The van der Waals surface area contributed by atoms with Crippen LogP contribution in [0.1, 0.15) is 32.6 Å². The Morgan fingerprint density at radius 2 is 2.00 bits per heavy atom. The van der Waals surface area contributed by atoms with Crippen molar-refractivity contribution in [2.45, 2.75) is 32.6 Å². The summed E-state index contributed by atoms with van der Waals surface area (Å²) in [5.41, 5.74) is 0. The predicted octanol–water partition coefficient (Wildman–Crippen LogP) is 1.93. The maximum atomic E-state index is 10.3. The highest BCUT2D eigenvalue weighted by Crippen LogP contribution is 2.21. The summed E-state index contributed by atoms with van der Waals surface area (Å²) < 4.78 is 0. The van der Waals surface area contributed by atoms with Gasteiger partial charge in [0.2, 0.25) is 0 Å². The van der Waals surface area contributed by atoms with Crippen LogP contribution in [0.5, 0.6) is 0 Å². The molecule has 0 amide bonds. The smallest absolute Gasteiger partial charge is 0.0822 e. The van der Waals surface area contributed by atoms with Gasteiger partial charge in [0.1, 0.15) is 0 Å². The van der Waals surface area contributed by atoms with Crippen LogP contribution in [0, 0.1) is 5.92 Å². The summed E-state index contributed by atoms with van der Waals surface area (Å²) in [6.07, 6.45) is 4.68. The minimum atomic E-state index is 0.119. The molecule has 0 aromatic rings. The molecule has 71 valence electrons. The third kappa shape index (κ3) is 3.11. The highest BCUT2D eigenvalue weighted by Gasteiger charge is 2.16. The number of hydrogen-bond donors (Lipinski definition) is 0. The van der Waals surface area contributed by atoms with Crippen molar-refractivity contribution in [2.24, 2.45) is 5.92 Å². The van der Waals surface area contributed by atoms with Gasteiger partial charge in [0, 0.05) is 0 Å². The van der Waals surface area contributed by atoms with Gasteiger partial charge in [-0.25, -0.2) is 5.11 Å². The average Bonchev–Trinajstić information content (AvgIpc) is 2.15. The van der Waals surface area contributed by atoms with E-state index in [1.165, 1.54) is 38.9 Å². The molecule has 0 aliphatic carbocycles. The molecule has 1 rings (SSSR count). The highest BCUT2D eigenvalue weighted by atomic mass is 16.2. The molecule has 0 aromatic carbocycles. The Morgan fingerprint density at radius 1 is 1.33 bits per heavy atom. The normalized spacial score (nSPS) is 21.5. The van der Waals surface area contributed by atoms with E-state index >= 15 is 0 Å². The Morgan fingerprint density at radius 3 is 2.50 bits per heavy atom. The molecule has 0 saturated carbocycles. The first-order chi connectivity index (χ1) is 5.86. The minimum absolute atomic E-state index is 0.119. The van der Waals surface area contributed by atoms with Crippen molar-refractivity contribution in [1.82, 2.24) is 4.90 Å². The lowest BCUT2D eigenvalue weighted by Crippen LogP contribution is -2.33. The SMILES string of the molecule is CCN1CCC(CCC[O])CC1. The van der Waals surface area contributed by atoms with E-state index in [0.717, 1.165) is 12.3 Å². The van der Waals surface area contributed by atoms with Crippen LogP contribution in [0.15, 0.2) is 0 Å². The molecule has 1 fully saturated rings. The topological polar surface area (TPSA) is 23.1 Å². The van der Waals surface area contributed by atoms with Gasteiger partial charge in [-0.2, -0.15) is 0 Å². The summed E-state index contributed by atoms with van der Waals surface area (Å²) in [7, 11) is 0. The summed E-state index contributed by atoms with van der Waals surface area (Å²) in [6, 6.07) is 0. The van der Waals surface area contributed by atoms with Gasteiger partial charge in [0.15, 0.2) is 0 Å². The molecule has 1 radical (unpaired) electrons. The van der Waals surface area contributed by atoms with Crippen molar-refractivity contribution in [2.75, 3.05) is 26.2 Å². The van der Waals surface area contributed by atoms with Crippen LogP contribution < -0.4 is 0 Å². The van der Waals surface area contributed by atoms with Crippen LogP contribution in [0.4, 0.5) is 0 Å². The van der Waals surface area contributed by atoms with Gasteiger partial charge < -0.3 is 4.90 Å². The van der Waals surface area contributed by atoms with Crippen molar-refractivity contribution < 1.29 is 5.11 Å². The minimum Gasteiger partial charge on any atom is -0.304 e. The van der Waals surface area contributed by atoms with Gasteiger partial charge in [-0.05, 0) is 51.2 Å². The van der Waals surface area contributed by atoms with Gasteiger partial charge in [0.25, 0.3) is 0 Å². The van der Waals surface area contributed by atoms with E-state index in [0.29, 0.717) is 0 Å². The fourth-order valence-corrected chi connectivity index (χ4v) is 1.96. The van der Waals surface area contributed by atoms with E-state index in [1.54, 1.807) is 0 Å². The average molecular weight is 170 g/mol. The second kappa shape index (κ2) is 5.55. The van der Waals surface area contributed by atoms with Crippen LogP contribution in [0.3, 0.4) is 0 Å². The Bertz CT molecular complexity index is 108. The summed E-state index contributed by atoms with van der Waals surface area (Å²) in [5.74, 6) is 0.849. The summed E-state index contributed by atoms with van der Waals surface area (Å²) in [5, 5.41) is 10.3.